The maximum atomic E-state index is 12.5. The molecule has 0 saturated carbocycles. The molecule has 0 radical (unpaired) electrons. The van der Waals surface area contributed by atoms with Crippen molar-refractivity contribution in [1.82, 2.24) is 4.72 Å². The number of sulfonamides is 1. The van der Waals surface area contributed by atoms with Gasteiger partial charge in [-0.05, 0) is 47.6 Å². The van der Waals surface area contributed by atoms with Gasteiger partial charge >= 0.3 is 5.97 Å². The van der Waals surface area contributed by atoms with Gasteiger partial charge in [0.25, 0.3) is 0 Å². The first-order valence-electron chi connectivity index (χ1n) is 8.65. The van der Waals surface area contributed by atoms with Crippen LogP contribution in [0.2, 0.25) is 0 Å². The number of esters is 1. The predicted octanol–water partition coefficient (Wildman–Crippen LogP) is 2.80. The summed E-state index contributed by atoms with van der Waals surface area (Å²) >= 11 is 0. The van der Waals surface area contributed by atoms with E-state index in [1.165, 1.54) is 7.11 Å². The largest absolute Gasteiger partial charge is 0.469 e. The van der Waals surface area contributed by atoms with Crippen LogP contribution >= 0.6 is 0 Å². The van der Waals surface area contributed by atoms with Crippen LogP contribution in [0.3, 0.4) is 0 Å². The van der Waals surface area contributed by atoms with Crippen molar-refractivity contribution in [3.63, 3.8) is 0 Å². The Bertz CT molecular complexity index is 893. The van der Waals surface area contributed by atoms with Crippen LogP contribution in [0, 0.1) is 0 Å². The molecule has 1 N–H and O–H groups in total. The van der Waals surface area contributed by atoms with E-state index < -0.39 is 10.0 Å². The highest BCUT2D eigenvalue weighted by Gasteiger charge is 2.27. The summed E-state index contributed by atoms with van der Waals surface area (Å²) in [6.07, 6.45) is 1.66. The van der Waals surface area contributed by atoms with Gasteiger partial charge in [-0.25, -0.2) is 13.1 Å². The summed E-state index contributed by atoms with van der Waals surface area (Å²) in [6, 6.07) is 14.4. The Morgan fingerprint density at radius 1 is 1.15 bits per heavy atom. The fourth-order valence-corrected chi connectivity index (χ4v) is 4.62. The van der Waals surface area contributed by atoms with E-state index in [0.29, 0.717) is 19.3 Å². The average molecular weight is 373 g/mol. The molecule has 26 heavy (non-hydrogen) atoms. The normalized spacial score (nSPS) is 17.5. The van der Waals surface area contributed by atoms with Gasteiger partial charge in [0.1, 0.15) is 0 Å². The summed E-state index contributed by atoms with van der Waals surface area (Å²) in [5.41, 5.74) is 3.36. The number of hydrogen-bond donors (Lipinski definition) is 1. The van der Waals surface area contributed by atoms with Crippen molar-refractivity contribution in [3.05, 3.63) is 65.2 Å². The molecule has 2 unspecified atom stereocenters. The van der Waals surface area contributed by atoms with Crippen LogP contribution in [0.25, 0.3) is 0 Å². The van der Waals surface area contributed by atoms with Gasteiger partial charge in [-0.15, -0.1) is 0 Å². The molecule has 0 spiro atoms. The van der Waals surface area contributed by atoms with E-state index in [9.17, 15) is 13.2 Å². The molecule has 1 aliphatic carbocycles. The maximum Gasteiger partial charge on any atom is 0.306 e. The third kappa shape index (κ3) is 4.14. The summed E-state index contributed by atoms with van der Waals surface area (Å²) in [5.74, 6) is -0.167. The van der Waals surface area contributed by atoms with Crippen molar-refractivity contribution in [1.29, 1.82) is 0 Å². The lowest BCUT2D eigenvalue weighted by molar-refractivity contribution is -0.140. The lowest BCUT2D eigenvalue weighted by Gasteiger charge is -2.12. The van der Waals surface area contributed by atoms with Gasteiger partial charge in [-0.2, -0.15) is 0 Å². The molecule has 2 atom stereocenters. The highest BCUT2D eigenvalue weighted by molar-refractivity contribution is 7.89. The van der Waals surface area contributed by atoms with Crippen LogP contribution in [0.15, 0.2) is 53.4 Å². The van der Waals surface area contributed by atoms with E-state index in [-0.39, 0.29) is 22.8 Å². The number of hydrogen-bond acceptors (Lipinski definition) is 4. The Hall–Kier alpha value is -2.18. The fourth-order valence-electron chi connectivity index (χ4n) is 3.37. The molecule has 138 valence electrons. The topological polar surface area (TPSA) is 72.5 Å². The molecule has 5 nitrogen and oxygen atoms in total. The van der Waals surface area contributed by atoms with E-state index in [1.807, 2.05) is 19.1 Å². The minimum atomic E-state index is -3.52. The first-order chi connectivity index (χ1) is 12.4. The van der Waals surface area contributed by atoms with E-state index in [0.717, 1.165) is 16.7 Å². The number of fused-ring (bicyclic) bond motifs is 1. The van der Waals surface area contributed by atoms with Gasteiger partial charge in [0.15, 0.2) is 0 Å². The van der Waals surface area contributed by atoms with E-state index >= 15 is 0 Å². The zero-order valence-electron chi connectivity index (χ0n) is 14.9. The van der Waals surface area contributed by atoms with Gasteiger partial charge in [0, 0.05) is 6.04 Å². The lowest BCUT2D eigenvalue weighted by Crippen LogP contribution is -2.35. The van der Waals surface area contributed by atoms with Gasteiger partial charge in [0.05, 0.1) is 18.4 Å². The average Bonchev–Trinajstić information content (AvgIpc) is 3.02. The zero-order chi connectivity index (χ0) is 18.7. The highest BCUT2D eigenvalue weighted by atomic mass is 32.2. The number of methoxy groups -OCH3 is 1. The van der Waals surface area contributed by atoms with Crippen molar-refractivity contribution < 1.29 is 17.9 Å². The zero-order valence-corrected chi connectivity index (χ0v) is 15.8. The number of carbonyl (C=O) groups excluding carboxylic acids is 1. The molecule has 0 aromatic heterocycles. The number of carbonyl (C=O) groups is 1. The maximum absolute atomic E-state index is 12.5. The number of rotatable bonds is 6. The molecule has 2 aromatic rings. The molecular formula is C20H23NO4S. The van der Waals surface area contributed by atoms with E-state index in [2.05, 4.69) is 10.8 Å². The Labute approximate surface area is 154 Å². The van der Waals surface area contributed by atoms with E-state index in [4.69, 9.17) is 4.74 Å². The minimum Gasteiger partial charge on any atom is -0.469 e. The standard InChI is InChI=1S/C20H23NO4S/c1-14(10-20(22)25-2)15-8-9-16-12-18(13-17(16)11-15)21-26(23,24)19-6-4-3-5-7-19/h3-9,11,14,18,21H,10,12-13H2,1-2H3. The van der Waals surface area contributed by atoms with Crippen LogP contribution in [0.5, 0.6) is 0 Å². The van der Waals surface area contributed by atoms with Crippen molar-refractivity contribution >= 4 is 16.0 Å². The van der Waals surface area contributed by atoms with Crippen molar-refractivity contribution in [2.45, 2.75) is 43.0 Å². The summed E-state index contributed by atoms with van der Waals surface area (Å²) in [6.45, 7) is 1.99. The first kappa shape index (κ1) is 18.6. The van der Waals surface area contributed by atoms with Gasteiger partial charge < -0.3 is 4.74 Å². The molecule has 3 rings (SSSR count). The van der Waals surface area contributed by atoms with Gasteiger partial charge in [-0.3, -0.25) is 4.79 Å². The molecule has 6 heteroatoms. The summed E-state index contributed by atoms with van der Waals surface area (Å²) in [4.78, 5) is 11.8. The summed E-state index contributed by atoms with van der Waals surface area (Å²) in [5, 5.41) is 0. The Morgan fingerprint density at radius 2 is 1.85 bits per heavy atom. The number of ether oxygens (including phenoxy) is 1. The Morgan fingerprint density at radius 3 is 2.54 bits per heavy atom. The number of nitrogens with one attached hydrogen (secondary N) is 1. The molecule has 0 amide bonds. The van der Waals surface area contributed by atoms with Crippen molar-refractivity contribution in [2.75, 3.05) is 7.11 Å². The third-order valence-electron chi connectivity index (χ3n) is 4.81. The Balaban J connectivity index is 1.70. The second-order valence-electron chi connectivity index (χ2n) is 6.75. The second-order valence-corrected chi connectivity index (χ2v) is 8.46. The van der Waals surface area contributed by atoms with Gasteiger partial charge in [-0.1, -0.05) is 43.3 Å². The molecule has 0 heterocycles. The minimum absolute atomic E-state index is 0.0628. The van der Waals surface area contributed by atoms with Crippen LogP contribution in [-0.2, 0) is 32.4 Å². The quantitative estimate of drug-likeness (QED) is 0.791. The van der Waals surface area contributed by atoms with Gasteiger partial charge in [0.2, 0.25) is 10.0 Å². The van der Waals surface area contributed by atoms with E-state index in [1.54, 1.807) is 30.3 Å². The molecule has 0 fully saturated rings. The number of benzene rings is 2. The van der Waals surface area contributed by atoms with Crippen LogP contribution in [0.1, 0.15) is 36.0 Å². The molecule has 0 aliphatic heterocycles. The SMILES string of the molecule is COC(=O)CC(C)c1ccc2c(c1)CC(NS(=O)(=O)c1ccccc1)C2. The predicted molar refractivity (Wildman–Crippen MR) is 99.4 cm³/mol. The monoisotopic (exact) mass is 373 g/mol. The van der Waals surface area contributed by atoms with Crippen molar-refractivity contribution in [2.24, 2.45) is 0 Å². The third-order valence-corrected chi connectivity index (χ3v) is 6.34. The lowest BCUT2D eigenvalue weighted by atomic mass is 9.95. The first-order valence-corrected chi connectivity index (χ1v) is 10.1. The smallest absolute Gasteiger partial charge is 0.306 e. The fraction of sp³-hybridized carbons (Fsp3) is 0.350. The molecular weight excluding hydrogens is 350 g/mol. The summed E-state index contributed by atoms with van der Waals surface area (Å²) in [7, 11) is -2.13. The molecule has 0 bridgehead atoms. The Kier molecular flexibility index (Phi) is 5.44. The van der Waals surface area contributed by atoms with Crippen LogP contribution < -0.4 is 4.72 Å². The van der Waals surface area contributed by atoms with Crippen LogP contribution in [0.4, 0.5) is 0 Å². The summed E-state index contributed by atoms with van der Waals surface area (Å²) < 4.78 is 32.6. The molecule has 0 saturated heterocycles. The molecule has 2 aromatic carbocycles. The second kappa shape index (κ2) is 7.60. The van der Waals surface area contributed by atoms with Crippen molar-refractivity contribution in [3.8, 4) is 0 Å². The molecule has 1 aliphatic rings. The van der Waals surface area contributed by atoms with Crippen LogP contribution in [-0.4, -0.2) is 27.5 Å². The highest BCUT2D eigenvalue weighted by Crippen LogP contribution is 2.28.